The maximum absolute atomic E-state index is 4.16. The van der Waals surface area contributed by atoms with E-state index in [9.17, 15) is 0 Å². The van der Waals surface area contributed by atoms with E-state index in [1.807, 2.05) is 13.0 Å². The van der Waals surface area contributed by atoms with Gasteiger partial charge in [-0.25, -0.2) is 9.97 Å². The molecule has 1 aromatic rings. The summed E-state index contributed by atoms with van der Waals surface area (Å²) in [6.07, 6.45) is 2.61. The van der Waals surface area contributed by atoms with Crippen molar-refractivity contribution < 1.29 is 0 Å². The van der Waals surface area contributed by atoms with Gasteiger partial charge in [-0.2, -0.15) is 0 Å². The SMILES string of the molecule is Cc1ccnc(CP)n1. The third kappa shape index (κ3) is 1.72. The van der Waals surface area contributed by atoms with Gasteiger partial charge in [0.25, 0.3) is 0 Å². The Morgan fingerprint density at radius 2 is 2.44 bits per heavy atom. The van der Waals surface area contributed by atoms with E-state index in [0.717, 1.165) is 17.7 Å². The molecule has 0 spiro atoms. The minimum atomic E-state index is 0.835. The van der Waals surface area contributed by atoms with Crippen molar-refractivity contribution in [3.63, 3.8) is 0 Å². The molecule has 0 saturated heterocycles. The molecular weight excluding hydrogens is 131 g/mol. The van der Waals surface area contributed by atoms with Gasteiger partial charge in [0.2, 0.25) is 0 Å². The molecule has 0 bridgehead atoms. The van der Waals surface area contributed by atoms with E-state index in [4.69, 9.17) is 0 Å². The summed E-state index contributed by atoms with van der Waals surface area (Å²) in [5.74, 6) is 0.889. The Balaban J connectivity index is 2.94. The van der Waals surface area contributed by atoms with Crippen LogP contribution in [0.4, 0.5) is 0 Å². The monoisotopic (exact) mass is 140 g/mol. The van der Waals surface area contributed by atoms with Crippen LogP contribution in [0.5, 0.6) is 0 Å². The summed E-state index contributed by atoms with van der Waals surface area (Å²) in [6.45, 7) is 1.96. The third-order valence-corrected chi connectivity index (χ3v) is 1.39. The topological polar surface area (TPSA) is 25.8 Å². The molecular formula is C6H9N2P. The van der Waals surface area contributed by atoms with Crippen LogP contribution in [0.15, 0.2) is 12.3 Å². The smallest absolute Gasteiger partial charge is 0.132 e. The van der Waals surface area contributed by atoms with E-state index in [1.54, 1.807) is 6.20 Å². The van der Waals surface area contributed by atoms with E-state index in [-0.39, 0.29) is 0 Å². The highest BCUT2D eigenvalue weighted by Crippen LogP contribution is 1.97. The van der Waals surface area contributed by atoms with Gasteiger partial charge in [0, 0.05) is 18.1 Å². The van der Waals surface area contributed by atoms with E-state index < -0.39 is 0 Å². The zero-order valence-corrected chi connectivity index (χ0v) is 6.49. The Labute approximate surface area is 56.9 Å². The first-order valence-electron chi connectivity index (χ1n) is 2.81. The van der Waals surface area contributed by atoms with Gasteiger partial charge in [0.05, 0.1) is 0 Å². The fourth-order valence-corrected chi connectivity index (χ4v) is 0.796. The number of rotatable bonds is 1. The fraction of sp³-hybridized carbons (Fsp3) is 0.333. The highest BCUT2D eigenvalue weighted by atomic mass is 31.0. The first-order valence-corrected chi connectivity index (χ1v) is 3.63. The minimum absolute atomic E-state index is 0.835. The Morgan fingerprint density at radius 1 is 1.67 bits per heavy atom. The van der Waals surface area contributed by atoms with E-state index >= 15 is 0 Å². The standard InChI is InChI=1S/C6H9N2P/c1-5-2-3-7-6(4-9)8-5/h2-3H,4,9H2,1H3. The first-order chi connectivity index (χ1) is 4.33. The molecule has 1 aromatic heterocycles. The number of aryl methyl sites for hydroxylation is 1. The molecule has 0 radical (unpaired) electrons. The maximum Gasteiger partial charge on any atom is 0.132 e. The summed E-state index contributed by atoms with van der Waals surface area (Å²) in [4.78, 5) is 8.19. The number of nitrogens with zero attached hydrogens (tertiary/aromatic N) is 2. The normalized spacial score (nSPS) is 9.56. The van der Waals surface area contributed by atoms with Crippen molar-refractivity contribution in [2.75, 3.05) is 0 Å². The van der Waals surface area contributed by atoms with Crippen LogP contribution in [0.3, 0.4) is 0 Å². The molecule has 1 heterocycles. The zero-order chi connectivity index (χ0) is 6.69. The van der Waals surface area contributed by atoms with E-state index in [2.05, 4.69) is 19.2 Å². The summed E-state index contributed by atoms with van der Waals surface area (Å²) >= 11 is 0. The summed E-state index contributed by atoms with van der Waals surface area (Å²) in [7, 11) is 2.59. The Morgan fingerprint density at radius 3 is 2.89 bits per heavy atom. The van der Waals surface area contributed by atoms with Crippen LogP contribution in [0, 0.1) is 6.92 Å². The van der Waals surface area contributed by atoms with Gasteiger partial charge in [0.1, 0.15) is 5.82 Å². The highest BCUT2D eigenvalue weighted by molar-refractivity contribution is 7.15. The summed E-state index contributed by atoms with van der Waals surface area (Å²) in [5, 5.41) is 0. The van der Waals surface area contributed by atoms with E-state index in [1.165, 1.54) is 0 Å². The molecule has 0 N–H and O–H groups in total. The van der Waals surface area contributed by atoms with Gasteiger partial charge in [-0.1, -0.05) is 0 Å². The lowest BCUT2D eigenvalue weighted by Gasteiger charge is -1.93. The third-order valence-electron chi connectivity index (χ3n) is 1.03. The predicted molar refractivity (Wildman–Crippen MR) is 40.2 cm³/mol. The second-order valence-corrected chi connectivity index (χ2v) is 2.23. The van der Waals surface area contributed by atoms with E-state index in [0.29, 0.717) is 0 Å². The Hall–Kier alpha value is -0.490. The lowest BCUT2D eigenvalue weighted by atomic mass is 10.4. The van der Waals surface area contributed by atoms with Crippen LogP contribution >= 0.6 is 9.24 Å². The molecule has 1 rings (SSSR count). The van der Waals surface area contributed by atoms with Gasteiger partial charge in [-0.05, 0) is 13.0 Å². The average Bonchev–Trinajstić information content (AvgIpc) is 1.88. The van der Waals surface area contributed by atoms with Crippen molar-refractivity contribution in [3.05, 3.63) is 23.8 Å². The van der Waals surface area contributed by atoms with Crippen molar-refractivity contribution in [2.24, 2.45) is 0 Å². The van der Waals surface area contributed by atoms with Gasteiger partial charge in [-0.3, -0.25) is 0 Å². The Kier molecular flexibility index (Phi) is 2.12. The summed E-state index contributed by atoms with van der Waals surface area (Å²) in [5.41, 5.74) is 1.03. The molecule has 2 nitrogen and oxygen atoms in total. The first kappa shape index (κ1) is 6.63. The molecule has 9 heavy (non-hydrogen) atoms. The number of aromatic nitrogens is 2. The molecule has 0 aromatic carbocycles. The molecule has 0 aliphatic heterocycles. The molecule has 0 fully saturated rings. The summed E-state index contributed by atoms with van der Waals surface area (Å²) in [6, 6.07) is 1.89. The van der Waals surface area contributed by atoms with Crippen molar-refractivity contribution in [3.8, 4) is 0 Å². The lowest BCUT2D eigenvalue weighted by molar-refractivity contribution is 0.996. The van der Waals surface area contributed by atoms with Gasteiger partial charge < -0.3 is 0 Å². The van der Waals surface area contributed by atoms with Gasteiger partial charge >= 0.3 is 0 Å². The molecule has 1 unspecified atom stereocenters. The maximum atomic E-state index is 4.16. The van der Waals surface area contributed by atoms with Crippen LogP contribution in [0.25, 0.3) is 0 Å². The number of hydrogen-bond donors (Lipinski definition) is 0. The van der Waals surface area contributed by atoms with Crippen molar-refractivity contribution in [1.82, 2.24) is 9.97 Å². The highest BCUT2D eigenvalue weighted by Gasteiger charge is 1.89. The van der Waals surface area contributed by atoms with Gasteiger partial charge in [-0.15, -0.1) is 9.24 Å². The van der Waals surface area contributed by atoms with Crippen LogP contribution < -0.4 is 0 Å². The van der Waals surface area contributed by atoms with Crippen LogP contribution in [0.1, 0.15) is 11.5 Å². The van der Waals surface area contributed by atoms with Crippen LogP contribution in [-0.4, -0.2) is 9.97 Å². The van der Waals surface area contributed by atoms with Crippen molar-refractivity contribution in [1.29, 1.82) is 0 Å². The quantitative estimate of drug-likeness (QED) is 0.547. The zero-order valence-electron chi connectivity index (χ0n) is 5.33. The van der Waals surface area contributed by atoms with Crippen LogP contribution in [0.2, 0.25) is 0 Å². The van der Waals surface area contributed by atoms with Gasteiger partial charge in [0.15, 0.2) is 0 Å². The second-order valence-electron chi connectivity index (χ2n) is 1.82. The largest absolute Gasteiger partial charge is 0.241 e. The molecule has 3 heteroatoms. The average molecular weight is 140 g/mol. The van der Waals surface area contributed by atoms with Crippen LogP contribution in [-0.2, 0) is 6.16 Å². The predicted octanol–water partition coefficient (Wildman–Crippen LogP) is 1.16. The van der Waals surface area contributed by atoms with Crippen molar-refractivity contribution >= 4 is 9.24 Å². The van der Waals surface area contributed by atoms with Crippen molar-refractivity contribution in [2.45, 2.75) is 13.1 Å². The Bertz CT molecular complexity index is 200. The molecule has 0 amide bonds. The number of hydrogen-bond acceptors (Lipinski definition) is 2. The molecule has 0 aliphatic rings. The second kappa shape index (κ2) is 2.88. The molecule has 48 valence electrons. The lowest BCUT2D eigenvalue weighted by Crippen LogP contribution is -1.90. The molecule has 0 aliphatic carbocycles. The minimum Gasteiger partial charge on any atom is -0.241 e. The fourth-order valence-electron chi connectivity index (χ4n) is 0.599. The molecule has 0 saturated carbocycles. The summed E-state index contributed by atoms with van der Waals surface area (Å²) < 4.78 is 0. The molecule has 1 atom stereocenters.